The zero-order chi connectivity index (χ0) is 15.5. The normalized spacial score (nSPS) is 16.4. The summed E-state index contributed by atoms with van der Waals surface area (Å²) in [6, 6.07) is 11.4. The number of nitrogens with zero attached hydrogens (tertiary/aromatic N) is 2. The van der Waals surface area contributed by atoms with Crippen LogP contribution in [0.15, 0.2) is 51.6 Å². The van der Waals surface area contributed by atoms with Gasteiger partial charge in [-0.2, -0.15) is 4.98 Å². The third kappa shape index (κ3) is 3.19. The lowest BCUT2D eigenvalue weighted by Crippen LogP contribution is -2.21. The van der Waals surface area contributed by atoms with E-state index in [0.29, 0.717) is 29.8 Å². The molecule has 23 heavy (non-hydrogen) atoms. The number of furan rings is 1. The largest absolute Gasteiger partial charge is 0.485 e. The molecule has 4 rings (SSSR count). The molecule has 0 N–H and O–H groups in total. The van der Waals surface area contributed by atoms with Crippen LogP contribution in [0, 0.1) is 0 Å². The highest BCUT2D eigenvalue weighted by Gasteiger charge is 2.27. The maximum atomic E-state index is 5.85. The van der Waals surface area contributed by atoms with Crippen molar-refractivity contribution in [1.29, 1.82) is 0 Å². The molecule has 0 radical (unpaired) electrons. The molecule has 7 heteroatoms. The molecule has 0 unspecified atom stereocenters. The molecule has 1 aliphatic rings. The molecule has 1 aromatic carbocycles. The van der Waals surface area contributed by atoms with Gasteiger partial charge in [0, 0.05) is 0 Å². The number of rotatable bonds is 5. The fourth-order valence-electron chi connectivity index (χ4n) is 2.24. The topological polar surface area (TPSA) is 70.5 Å². The lowest BCUT2D eigenvalue weighted by Gasteiger charge is -2.23. The predicted octanol–water partition coefficient (Wildman–Crippen LogP) is 3.61. The number of fused-ring (bicyclic) bond motifs is 1. The summed E-state index contributed by atoms with van der Waals surface area (Å²) in [6.45, 7) is 0.359. The summed E-state index contributed by atoms with van der Waals surface area (Å²) < 4.78 is 22.1. The molecule has 0 bridgehead atoms. The smallest absolute Gasteiger partial charge is 0.271 e. The van der Waals surface area contributed by atoms with Crippen LogP contribution in [0.5, 0.6) is 11.5 Å². The van der Waals surface area contributed by atoms with Crippen molar-refractivity contribution in [2.75, 3.05) is 6.61 Å². The van der Waals surface area contributed by atoms with E-state index in [-0.39, 0.29) is 6.10 Å². The van der Waals surface area contributed by atoms with Crippen molar-refractivity contribution >= 4 is 11.8 Å². The summed E-state index contributed by atoms with van der Waals surface area (Å²) in [5, 5.41) is 3.99. The van der Waals surface area contributed by atoms with Gasteiger partial charge in [-0.05, 0) is 24.3 Å². The maximum Gasteiger partial charge on any atom is 0.271 e. The molecule has 2 aromatic heterocycles. The zero-order valence-electron chi connectivity index (χ0n) is 12.2. The quantitative estimate of drug-likeness (QED) is 0.707. The van der Waals surface area contributed by atoms with Gasteiger partial charge >= 0.3 is 0 Å². The number of para-hydroxylation sites is 2. The van der Waals surface area contributed by atoms with E-state index in [9.17, 15) is 0 Å². The van der Waals surface area contributed by atoms with Crippen LogP contribution in [0.4, 0.5) is 0 Å². The second kappa shape index (κ2) is 6.37. The van der Waals surface area contributed by atoms with Crippen molar-refractivity contribution in [3.05, 3.63) is 60.1 Å². The Balaban J connectivity index is 1.36. The number of benzene rings is 1. The summed E-state index contributed by atoms with van der Waals surface area (Å²) in [5.74, 6) is 4.85. The van der Waals surface area contributed by atoms with Crippen molar-refractivity contribution in [3.8, 4) is 11.5 Å². The second-order valence-electron chi connectivity index (χ2n) is 4.99. The predicted molar refractivity (Wildman–Crippen MR) is 83.3 cm³/mol. The van der Waals surface area contributed by atoms with E-state index < -0.39 is 0 Å². The summed E-state index contributed by atoms with van der Waals surface area (Å²) in [5.41, 5.74) is 0. The molecule has 0 amide bonds. The standard InChI is InChI=1S/C16H14N2O4S/c1-2-6-13-12(5-1)20-8-14(21-13)16-17-15(18-22-16)10-23-9-11-4-3-7-19-11/h1-7,14H,8-10H2/t14-/m0/s1. The van der Waals surface area contributed by atoms with Crippen LogP contribution in [0.25, 0.3) is 0 Å². The number of thioether (sulfide) groups is 1. The molecule has 1 aliphatic heterocycles. The summed E-state index contributed by atoms with van der Waals surface area (Å²) in [7, 11) is 0. The Bertz CT molecular complexity index is 772. The first-order valence-corrected chi connectivity index (χ1v) is 8.35. The van der Waals surface area contributed by atoms with Crippen molar-refractivity contribution < 1.29 is 18.4 Å². The van der Waals surface area contributed by atoms with E-state index >= 15 is 0 Å². The van der Waals surface area contributed by atoms with Crippen LogP contribution in [0.2, 0.25) is 0 Å². The van der Waals surface area contributed by atoms with Gasteiger partial charge in [-0.25, -0.2) is 0 Å². The number of ether oxygens (including phenoxy) is 2. The molecule has 6 nitrogen and oxygen atoms in total. The first-order valence-electron chi connectivity index (χ1n) is 7.19. The highest BCUT2D eigenvalue weighted by molar-refractivity contribution is 7.97. The van der Waals surface area contributed by atoms with Crippen molar-refractivity contribution in [2.45, 2.75) is 17.6 Å². The fraction of sp³-hybridized carbons (Fsp3) is 0.250. The summed E-state index contributed by atoms with van der Waals surface area (Å²) in [6.07, 6.45) is 1.29. The highest BCUT2D eigenvalue weighted by atomic mass is 32.2. The number of hydrogen-bond acceptors (Lipinski definition) is 7. The molecule has 0 saturated heterocycles. The third-order valence-electron chi connectivity index (χ3n) is 3.32. The van der Waals surface area contributed by atoms with Gasteiger partial charge in [-0.15, -0.1) is 11.8 Å². The lowest BCUT2D eigenvalue weighted by molar-refractivity contribution is 0.0665. The van der Waals surface area contributed by atoms with Gasteiger partial charge in [0.15, 0.2) is 17.3 Å². The van der Waals surface area contributed by atoms with Crippen LogP contribution >= 0.6 is 11.8 Å². The Labute approximate surface area is 136 Å². The Kier molecular flexibility index (Phi) is 3.94. The van der Waals surface area contributed by atoms with Gasteiger partial charge in [-0.1, -0.05) is 17.3 Å². The van der Waals surface area contributed by atoms with Crippen molar-refractivity contribution in [3.63, 3.8) is 0 Å². The number of aromatic nitrogens is 2. The lowest BCUT2D eigenvalue weighted by atomic mass is 10.2. The molecule has 0 spiro atoms. The van der Waals surface area contributed by atoms with Gasteiger partial charge in [-0.3, -0.25) is 0 Å². The number of hydrogen-bond donors (Lipinski definition) is 0. The molecule has 118 valence electrons. The molecule has 3 aromatic rings. The van der Waals surface area contributed by atoms with E-state index in [1.165, 1.54) is 0 Å². The van der Waals surface area contributed by atoms with Crippen molar-refractivity contribution in [1.82, 2.24) is 10.1 Å². The maximum absolute atomic E-state index is 5.85. The van der Waals surface area contributed by atoms with Crippen LogP contribution in [0.1, 0.15) is 23.6 Å². The van der Waals surface area contributed by atoms with Crippen LogP contribution < -0.4 is 9.47 Å². The minimum Gasteiger partial charge on any atom is -0.485 e. The SMILES string of the molecule is c1coc(CSCc2noc([C@@H]3COc4ccccc4O3)n2)c1. The fourth-order valence-corrected chi connectivity index (χ4v) is 3.00. The monoisotopic (exact) mass is 330 g/mol. The van der Waals surface area contributed by atoms with Crippen molar-refractivity contribution in [2.24, 2.45) is 0 Å². The highest BCUT2D eigenvalue weighted by Crippen LogP contribution is 2.35. The minimum atomic E-state index is -0.374. The second-order valence-corrected chi connectivity index (χ2v) is 5.97. The Morgan fingerprint density at radius 1 is 1.09 bits per heavy atom. The van der Waals surface area contributed by atoms with Gasteiger partial charge < -0.3 is 18.4 Å². The molecule has 0 fully saturated rings. The molecule has 1 atom stereocenters. The zero-order valence-corrected chi connectivity index (χ0v) is 13.0. The van der Waals surface area contributed by atoms with Gasteiger partial charge in [0.2, 0.25) is 6.10 Å². The first kappa shape index (κ1) is 14.2. The van der Waals surface area contributed by atoms with E-state index in [4.69, 9.17) is 18.4 Å². The average molecular weight is 330 g/mol. The molecule has 0 saturated carbocycles. The van der Waals surface area contributed by atoms with E-state index in [2.05, 4.69) is 10.1 Å². The summed E-state index contributed by atoms with van der Waals surface area (Å²) >= 11 is 1.66. The van der Waals surface area contributed by atoms with Gasteiger partial charge in [0.05, 0.1) is 17.8 Å². The average Bonchev–Trinajstić information content (AvgIpc) is 3.26. The first-order chi connectivity index (χ1) is 11.4. The third-order valence-corrected chi connectivity index (χ3v) is 4.27. The Morgan fingerprint density at radius 3 is 2.87 bits per heavy atom. The van der Waals surface area contributed by atoms with E-state index in [1.807, 2.05) is 36.4 Å². The Morgan fingerprint density at radius 2 is 2.00 bits per heavy atom. The van der Waals surface area contributed by atoms with E-state index in [0.717, 1.165) is 17.3 Å². The van der Waals surface area contributed by atoms with Gasteiger partial charge in [0.25, 0.3) is 5.89 Å². The molecular weight excluding hydrogens is 316 g/mol. The minimum absolute atomic E-state index is 0.359. The van der Waals surface area contributed by atoms with Gasteiger partial charge in [0.1, 0.15) is 12.4 Å². The van der Waals surface area contributed by atoms with Crippen LogP contribution in [0.3, 0.4) is 0 Å². The Hall–Kier alpha value is -2.41. The molecular formula is C16H14N2O4S. The molecule has 0 aliphatic carbocycles. The van der Waals surface area contributed by atoms with Crippen LogP contribution in [-0.2, 0) is 11.5 Å². The van der Waals surface area contributed by atoms with E-state index in [1.54, 1.807) is 18.0 Å². The van der Waals surface area contributed by atoms with Crippen LogP contribution in [-0.4, -0.2) is 16.7 Å². The summed E-state index contributed by atoms with van der Waals surface area (Å²) in [4.78, 5) is 4.39. The molecule has 3 heterocycles.